The number of thioether (sulfide) groups is 1. The maximum Gasteiger partial charge on any atom is 0.241 e. The lowest BCUT2D eigenvalue weighted by Gasteiger charge is -2.30. The van der Waals surface area contributed by atoms with Gasteiger partial charge in [0.25, 0.3) is 0 Å². The molecule has 0 fully saturated rings. The molecule has 0 aromatic heterocycles. The summed E-state index contributed by atoms with van der Waals surface area (Å²) in [6.45, 7) is 6.01. The Hall–Kier alpha value is -1.20. The second-order valence-corrected chi connectivity index (χ2v) is 6.47. The van der Waals surface area contributed by atoms with Crippen LogP contribution in [0.5, 0.6) is 0 Å². The van der Waals surface area contributed by atoms with Gasteiger partial charge in [-0.1, -0.05) is 6.07 Å². The van der Waals surface area contributed by atoms with E-state index in [4.69, 9.17) is 5.73 Å². The molecule has 2 atom stereocenters. The molecule has 0 heterocycles. The first kappa shape index (κ1) is 17.9. The fourth-order valence-electron chi connectivity index (χ4n) is 2.08. The summed E-state index contributed by atoms with van der Waals surface area (Å²) in [7, 11) is 2.00. The first-order chi connectivity index (χ1) is 9.88. The van der Waals surface area contributed by atoms with Crippen LogP contribution < -0.4 is 11.1 Å². The third kappa shape index (κ3) is 4.93. The molecule has 0 saturated carbocycles. The summed E-state index contributed by atoms with van der Waals surface area (Å²) in [5.74, 6) is 1.11. The monoisotopic (exact) mass is 309 g/mol. The van der Waals surface area contributed by atoms with Gasteiger partial charge in [-0.15, -0.1) is 0 Å². The van der Waals surface area contributed by atoms with Crippen molar-refractivity contribution in [2.24, 2.45) is 0 Å². The number of hydrogen-bond acceptors (Lipinski definition) is 4. The number of nitrogens with one attached hydrogen (secondary N) is 1. The van der Waals surface area contributed by atoms with Gasteiger partial charge in [0.05, 0.1) is 6.04 Å². The Morgan fingerprint density at radius 1 is 1.43 bits per heavy atom. The van der Waals surface area contributed by atoms with Gasteiger partial charge in [0.1, 0.15) is 0 Å². The van der Waals surface area contributed by atoms with Crippen LogP contribution in [0.4, 0.5) is 11.4 Å². The van der Waals surface area contributed by atoms with Gasteiger partial charge in [-0.2, -0.15) is 11.8 Å². The van der Waals surface area contributed by atoms with Crippen molar-refractivity contribution in [3.05, 3.63) is 23.8 Å². The number of amides is 1. The standard InChI is InChI=1S/C16H27N3OS/c1-11(9-10-21-5)19(4)13(3)16(20)18-15-8-6-7-14(17)12(15)2/h6-8,11,13H,9-10,17H2,1-5H3,(H,18,20). The number of nitrogens with two attached hydrogens (primary N) is 1. The second-order valence-electron chi connectivity index (χ2n) is 5.48. The van der Waals surface area contributed by atoms with Crippen LogP contribution in [-0.4, -0.2) is 41.9 Å². The van der Waals surface area contributed by atoms with E-state index in [1.807, 2.05) is 50.9 Å². The van der Waals surface area contributed by atoms with Crippen molar-refractivity contribution in [1.29, 1.82) is 0 Å². The van der Waals surface area contributed by atoms with Gasteiger partial charge in [0, 0.05) is 17.4 Å². The van der Waals surface area contributed by atoms with Crippen LogP contribution in [0, 0.1) is 6.92 Å². The third-order valence-electron chi connectivity index (χ3n) is 4.06. The molecule has 1 aromatic rings. The van der Waals surface area contributed by atoms with Gasteiger partial charge in [0.2, 0.25) is 5.91 Å². The SMILES string of the molecule is CSCCC(C)N(C)C(C)C(=O)Nc1cccc(N)c1C. The van der Waals surface area contributed by atoms with Gasteiger partial charge >= 0.3 is 0 Å². The molecule has 0 aliphatic rings. The van der Waals surface area contributed by atoms with Crippen molar-refractivity contribution in [3.63, 3.8) is 0 Å². The molecule has 4 nitrogen and oxygen atoms in total. The number of nitrogens with zero attached hydrogens (tertiary/aromatic N) is 1. The van der Waals surface area contributed by atoms with Crippen molar-refractivity contribution in [1.82, 2.24) is 4.90 Å². The number of carbonyl (C=O) groups is 1. The Bertz CT molecular complexity index is 479. The summed E-state index contributed by atoms with van der Waals surface area (Å²) in [6.07, 6.45) is 3.18. The van der Waals surface area contributed by atoms with Crippen molar-refractivity contribution < 1.29 is 4.79 Å². The molecule has 3 N–H and O–H groups in total. The van der Waals surface area contributed by atoms with Crippen LogP contribution in [0.15, 0.2) is 18.2 Å². The molecule has 0 saturated heterocycles. The highest BCUT2D eigenvalue weighted by atomic mass is 32.2. The summed E-state index contributed by atoms with van der Waals surface area (Å²) < 4.78 is 0. The van der Waals surface area contributed by atoms with E-state index in [1.165, 1.54) is 0 Å². The molecule has 1 amide bonds. The molecule has 0 aliphatic heterocycles. The molecule has 2 unspecified atom stereocenters. The fraction of sp³-hybridized carbons (Fsp3) is 0.562. The Labute approximate surface area is 132 Å². The Balaban J connectivity index is 2.68. The van der Waals surface area contributed by atoms with Crippen LogP contribution in [-0.2, 0) is 4.79 Å². The maximum absolute atomic E-state index is 12.4. The first-order valence-electron chi connectivity index (χ1n) is 7.25. The van der Waals surface area contributed by atoms with E-state index >= 15 is 0 Å². The van der Waals surface area contributed by atoms with Crippen LogP contribution in [0.25, 0.3) is 0 Å². The number of hydrogen-bond donors (Lipinski definition) is 2. The number of carbonyl (C=O) groups excluding carboxylic acids is 1. The van der Waals surface area contributed by atoms with E-state index in [9.17, 15) is 4.79 Å². The zero-order valence-corrected chi connectivity index (χ0v) is 14.5. The lowest BCUT2D eigenvalue weighted by molar-refractivity contribution is -0.120. The Kier molecular flexibility index (Phi) is 7.05. The van der Waals surface area contributed by atoms with Gasteiger partial charge in [-0.05, 0) is 63.9 Å². The minimum absolute atomic E-state index is 0.00204. The van der Waals surface area contributed by atoms with E-state index in [0.717, 1.165) is 23.4 Å². The van der Waals surface area contributed by atoms with E-state index in [-0.39, 0.29) is 11.9 Å². The van der Waals surface area contributed by atoms with Gasteiger partial charge in [0.15, 0.2) is 0 Å². The topological polar surface area (TPSA) is 58.4 Å². The Morgan fingerprint density at radius 3 is 2.71 bits per heavy atom. The summed E-state index contributed by atoms with van der Waals surface area (Å²) in [5.41, 5.74) is 8.27. The normalized spacial score (nSPS) is 14.0. The number of anilines is 2. The van der Waals surface area contributed by atoms with E-state index in [1.54, 1.807) is 0 Å². The highest BCUT2D eigenvalue weighted by Crippen LogP contribution is 2.21. The maximum atomic E-state index is 12.4. The molecule has 21 heavy (non-hydrogen) atoms. The lowest BCUT2D eigenvalue weighted by Crippen LogP contribution is -2.44. The van der Waals surface area contributed by atoms with Crippen LogP contribution in [0.2, 0.25) is 0 Å². The van der Waals surface area contributed by atoms with Crippen molar-refractivity contribution in [2.45, 2.75) is 39.3 Å². The number of likely N-dealkylation sites (N-methyl/N-ethyl adjacent to an activating group) is 1. The van der Waals surface area contributed by atoms with Crippen molar-refractivity contribution >= 4 is 29.0 Å². The van der Waals surface area contributed by atoms with E-state index in [2.05, 4.69) is 23.4 Å². The van der Waals surface area contributed by atoms with Gasteiger partial charge < -0.3 is 11.1 Å². The molecule has 1 aromatic carbocycles. The lowest BCUT2D eigenvalue weighted by atomic mass is 10.1. The van der Waals surface area contributed by atoms with Crippen LogP contribution >= 0.6 is 11.8 Å². The predicted octanol–water partition coefficient (Wildman–Crippen LogP) is 2.98. The molecule has 0 bridgehead atoms. The summed E-state index contributed by atoms with van der Waals surface area (Å²) in [5, 5.41) is 2.98. The highest BCUT2D eigenvalue weighted by Gasteiger charge is 2.22. The summed E-state index contributed by atoms with van der Waals surface area (Å²) in [6, 6.07) is 5.77. The average Bonchev–Trinajstić information content (AvgIpc) is 2.47. The largest absolute Gasteiger partial charge is 0.398 e. The number of benzene rings is 1. The average molecular weight is 309 g/mol. The van der Waals surface area contributed by atoms with Gasteiger partial charge in [-0.25, -0.2) is 0 Å². The number of rotatable bonds is 7. The van der Waals surface area contributed by atoms with Crippen molar-refractivity contribution in [3.8, 4) is 0 Å². The fourth-order valence-corrected chi connectivity index (χ4v) is 2.66. The van der Waals surface area contributed by atoms with Crippen molar-refractivity contribution in [2.75, 3.05) is 30.1 Å². The van der Waals surface area contributed by atoms with Crippen LogP contribution in [0.1, 0.15) is 25.8 Å². The van der Waals surface area contributed by atoms with Gasteiger partial charge in [-0.3, -0.25) is 9.69 Å². The molecule has 0 spiro atoms. The summed E-state index contributed by atoms with van der Waals surface area (Å²) >= 11 is 1.83. The highest BCUT2D eigenvalue weighted by molar-refractivity contribution is 7.98. The first-order valence-corrected chi connectivity index (χ1v) is 8.64. The molecular weight excluding hydrogens is 282 g/mol. The number of nitrogen functional groups attached to an aromatic ring is 1. The molecule has 5 heteroatoms. The molecule has 0 aliphatic carbocycles. The summed E-state index contributed by atoms with van der Waals surface area (Å²) in [4.78, 5) is 14.5. The third-order valence-corrected chi connectivity index (χ3v) is 4.70. The zero-order valence-electron chi connectivity index (χ0n) is 13.6. The molecule has 1 rings (SSSR count). The van der Waals surface area contributed by atoms with E-state index < -0.39 is 0 Å². The minimum Gasteiger partial charge on any atom is -0.398 e. The molecule has 0 radical (unpaired) electrons. The van der Waals surface area contributed by atoms with E-state index in [0.29, 0.717) is 11.7 Å². The quantitative estimate of drug-likeness (QED) is 0.760. The minimum atomic E-state index is -0.178. The smallest absolute Gasteiger partial charge is 0.241 e. The second kappa shape index (κ2) is 8.29. The molecular formula is C16H27N3OS. The van der Waals surface area contributed by atoms with Crippen LogP contribution in [0.3, 0.4) is 0 Å². The zero-order chi connectivity index (χ0) is 16.0. The predicted molar refractivity (Wildman–Crippen MR) is 93.9 cm³/mol. The Morgan fingerprint density at radius 2 is 2.10 bits per heavy atom. The molecule has 118 valence electrons.